The third kappa shape index (κ3) is 1.72. The number of benzene rings is 1. The lowest BCUT2D eigenvalue weighted by Crippen LogP contribution is -2.14. The van der Waals surface area contributed by atoms with E-state index in [9.17, 15) is 4.79 Å². The molecule has 0 atom stereocenters. The monoisotopic (exact) mass is 295 g/mol. The van der Waals surface area contributed by atoms with Crippen LogP contribution in [0.2, 0.25) is 5.02 Å². The summed E-state index contributed by atoms with van der Waals surface area (Å²) in [7, 11) is 0. The number of rotatable bonds is 1. The molecule has 12 heavy (non-hydrogen) atoms. The number of hydrogen-bond donors (Lipinski definition) is 1. The molecule has 0 saturated carbocycles. The average molecular weight is 296 g/mol. The molecule has 2 nitrogen and oxygen atoms in total. The van der Waals surface area contributed by atoms with Crippen LogP contribution in [0, 0.1) is 10.5 Å². The van der Waals surface area contributed by atoms with Gasteiger partial charge in [-0.1, -0.05) is 17.7 Å². The summed E-state index contributed by atoms with van der Waals surface area (Å²) in [5.41, 5.74) is 6.58. The molecule has 64 valence electrons. The van der Waals surface area contributed by atoms with Crippen molar-refractivity contribution in [2.75, 3.05) is 0 Å². The summed E-state index contributed by atoms with van der Waals surface area (Å²) >= 11 is 7.85. The predicted molar refractivity (Wildman–Crippen MR) is 57.4 cm³/mol. The van der Waals surface area contributed by atoms with Gasteiger partial charge in [0, 0.05) is 3.57 Å². The second-order valence-electron chi connectivity index (χ2n) is 2.42. The van der Waals surface area contributed by atoms with Crippen molar-refractivity contribution in [3.8, 4) is 0 Å². The van der Waals surface area contributed by atoms with Gasteiger partial charge < -0.3 is 5.73 Å². The Bertz CT molecular complexity index is 338. The molecule has 1 aromatic rings. The first-order chi connectivity index (χ1) is 5.54. The first-order valence-corrected chi connectivity index (χ1v) is 4.74. The number of nitrogens with two attached hydrogens (primary N) is 1. The molecular weight excluding hydrogens is 288 g/mol. The van der Waals surface area contributed by atoms with Crippen LogP contribution in [0.3, 0.4) is 0 Å². The normalized spacial score (nSPS) is 9.92. The molecule has 1 amide bonds. The van der Waals surface area contributed by atoms with Gasteiger partial charge in [0.05, 0.1) is 10.6 Å². The van der Waals surface area contributed by atoms with Crippen LogP contribution in [0.15, 0.2) is 12.1 Å². The number of amides is 1. The van der Waals surface area contributed by atoms with E-state index < -0.39 is 5.91 Å². The molecule has 0 aromatic heterocycles. The van der Waals surface area contributed by atoms with Crippen LogP contribution in [0.25, 0.3) is 0 Å². The molecular formula is C8H7ClINO. The molecule has 0 aliphatic carbocycles. The lowest BCUT2D eigenvalue weighted by molar-refractivity contribution is 0.0999. The van der Waals surface area contributed by atoms with E-state index in [1.54, 1.807) is 6.07 Å². The van der Waals surface area contributed by atoms with Gasteiger partial charge in [0.25, 0.3) is 5.91 Å². The number of aryl methyl sites for hydroxylation is 1. The van der Waals surface area contributed by atoms with E-state index >= 15 is 0 Å². The highest BCUT2D eigenvalue weighted by atomic mass is 127. The van der Waals surface area contributed by atoms with E-state index in [2.05, 4.69) is 22.6 Å². The number of primary amides is 1. The van der Waals surface area contributed by atoms with Crippen LogP contribution < -0.4 is 5.73 Å². The maximum atomic E-state index is 10.9. The summed E-state index contributed by atoms with van der Waals surface area (Å²) in [6.45, 7) is 1.91. The fourth-order valence-corrected chi connectivity index (χ4v) is 2.03. The maximum Gasteiger partial charge on any atom is 0.251 e. The van der Waals surface area contributed by atoms with Crippen LogP contribution in [0.5, 0.6) is 0 Å². The van der Waals surface area contributed by atoms with E-state index in [-0.39, 0.29) is 0 Å². The summed E-state index contributed by atoms with van der Waals surface area (Å²) in [6, 6.07) is 3.54. The zero-order valence-electron chi connectivity index (χ0n) is 6.40. The molecule has 0 unspecified atom stereocenters. The summed E-state index contributed by atoms with van der Waals surface area (Å²) in [5.74, 6) is -0.479. The highest BCUT2D eigenvalue weighted by molar-refractivity contribution is 14.1. The highest BCUT2D eigenvalue weighted by Gasteiger charge is 2.12. The van der Waals surface area contributed by atoms with E-state index in [0.717, 1.165) is 9.13 Å². The zero-order chi connectivity index (χ0) is 9.30. The Kier molecular flexibility index (Phi) is 2.95. The van der Waals surface area contributed by atoms with E-state index in [4.69, 9.17) is 17.3 Å². The van der Waals surface area contributed by atoms with Gasteiger partial charge >= 0.3 is 0 Å². The van der Waals surface area contributed by atoms with Gasteiger partial charge in [0.15, 0.2) is 0 Å². The van der Waals surface area contributed by atoms with Crippen LogP contribution in [0.1, 0.15) is 15.9 Å². The minimum Gasteiger partial charge on any atom is -0.366 e. The van der Waals surface area contributed by atoms with E-state index in [1.165, 1.54) is 0 Å². The molecule has 1 rings (SSSR count). The molecule has 1 aromatic carbocycles. The summed E-state index contributed by atoms with van der Waals surface area (Å²) in [5, 5.41) is 0.414. The first kappa shape index (κ1) is 9.80. The second kappa shape index (κ2) is 3.62. The Morgan fingerprint density at radius 3 is 2.58 bits per heavy atom. The van der Waals surface area contributed by atoms with Crippen molar-refractivity contribution in [2.45, 2.75) is 6.92 Å². The van der Waals surface area contributed by atoms with Crippen LogP contribution in [-0.4, -0.2) is 5.91 Å². The van der Waals surface area contributed by atoms with Gasteiger partial charge in [0.1, 0.15) is 0 Å². The average Bonchev–Trinajstić information content (AvgIpc) is 1.97. The molecule has 2 N–H and O–H groups in total. The third-order valence-electron chi connectivity index (χ3n) is 1.53. The Morgan fingerprint density at radius 2 is 2.17 bits per heavy atom. The predicted octanol–water partition coefficient (Wildman–Crippen LogP) is 2.35. The van der Waals surface area contributed by atoms with Crippen molar-refractivity contribution in [1.82, 2.24) is 0 Å². The van der Waals surface area contributed by atoms with Crippen molar-refractivity contribution < 1.29 is 4.79 Å². The lowest BCUT2D eigenvalue weighted by atomic mass is 10.1. The van der Waals surface area contributed by atoms with Gasteiger partial charge in [-0.2, -0.15) is 0 Å². The first-order valence-electron chi connectivity index (χ1n) is 3.28. The molecule has 4 heteroatoms. The Morgan fingerprint density at radius 1 is 1.58 bits per heavy atom. The molecule has 0 fully saturated rings. The zero-order valence-corrected chi connectivity index (χ0v) is 9.31. The number of halogens is 2. The molecule has 0 heterocycles. The minimum absolute atomic E-state index is 0.414. The smallest absolute Gasteiger partial charge is 0.251 e. The van der Waals surface area contributed by atoms with Crippen molar-refractivity contribution in [2.24, 2.45) is 5.73 Å². The molecule has 0 bridgehead atoms. The summed E-state index contributed by atoms with van der Waals surface area (Å²) in [6.07, 6.45) is 0. The maximum absolute atomic E-state index is 10.9. The Balaban J connectivity index is 3.43. The van der Waals surface area contributed by atoms with Gasteiger partial charge in [-0.05, 0) is 41.1 Å². The number of hydrogen-bond acceptors (Lipinski definition) is 1. The fraction of sp³-hybridized carbons (Fsp3) is 0.125. The van der Waals surface area contributed by atoms with Crippen molar-refractivity contribution >= 4 is 40.1 Å². The van der Waals surface area contributed by atoms with Gasteiger partial charge in [-0.25, -0.2) is 0 Å². The Hall–Kier alpha value is -0.290. The van der Waals surface area contributed by atoms with Crippen molar-refractivity contribution in [1.29, 1.82) is 0 Å². The molecule has 0 aliphatic heterocycles. The van der Waals surface area contributed by atoms with E-state index in [0.29, 0.717) is 10.6 Å². The van der Waals surface area contributed by atoms with Crippen molar-refractivity contribution in [3.63, 3.8) is 0 Å². The molecule has 0 radical (unpaired) electrons. The topological polar surface area (TPSA) is 43.1 Å². The Labute approximate surface area is 89.2 Å². The summed E-state index contributed by atoms with van der Waals surface area (Å²) < 4.78 is 0.826. The highest BCUT2D eigenvalue weighted by Crippen LogP contribution is 2.24. The quantitative estimate of drug-likeness (QED) is 0.794. The van der Waals surface area contributed by atoms with Gasteiger partial charge in [0.2, 0.25) is 0 Å². The number of carbonyl (C=O) groups is 1. The molecule has 0 spiro atoms. The van der Waals surface area contributed by atoms with Crippen LogP contribution in [0.4, 0.5) is 0 Å². The molecule has 0 saturated heterocycles. The molecule has 0 aliphatic rings. The van der Waals surface area contributed by atoms with E-state index in [1.807, 2.05) is 13.0 Å². The van der Waals surface area contributed by atoms with Crippen LogP contribution >= 0.6 is 34.2 Å². The SMILES string of the molecule is Cc1ccc(Cl)c(C(N)=O)c1I. The van der Waals surface area contributed by atoms with Crippen LogP contribution in [-0.2, 0) is 0 Å². The fourth-order valence-electron chi connectivity index (χ4n) is 0.883. The van der Waals surface area contributed by atoms with Crippen molar-refractivity contribution in [3.05, 3.63) is 31.9 Å². The lowest BCUT2D eigenvalue weighted by Gasteiger charge is -2.04. The van der Waals surface area contributed by atoms with Gasteiger partial charge in [-0.3, -0.25) is 4.79 Å². The summed E-state index contributed by atoms with van der Waals surface area (Å²) in [4.78, 5) is 10.9. The number of carbonyl (C=O) groups excluding carboxylic acids is 1. The second-order valence-corrected chi connectivity index (χ2v) is 3.90. The minimum atomic E-state index is -0.479. The largest absolute Gasteiger partial charge is 0.366 e. The van der Waals surface area contributed by atoms with Gasteiger partial charge in [-0.15, -0.1) is 0 Å². The standard InChI is InChI=1S/C8H7ClINO/c1-4-2-3-5(9)6(7(4)10)8(11)12/h2-3H,1H3,(H2,11,12). The third-order valence-corrected chi connectivity index (χ3v) is 3.24.